The first-order valence-electron chi connectivity index (χ1n) is 8.50. The Balaban J connectivity index is 1.82. The molecule has 0 spiro atoms. The number of nitrogens with one attached hydrogen (secondary N) is 1. The van der Waals surface area contributed by atoms with Gasteiger partial charge in [-0.25, -0.2) is 0 Å². The molecule has 1 aromatic carbocycles. The SMILES string of the molecule is CCCNC(=O)C1CCN(C(=O)C(C)Oc2cccc(Cl)c2)CC1. The van der Waals surface area contributed by atoms with Crippen LogP contribution in [0.1, 0.15) is 33.1 Å². The molecule has 2 amide bonds. The van der Waals surface area contributed by atoms with Gasteiger partial charge in [-0.15, -0.1) is 0 Å². The summed E-state index contributed by atoms with van der Waals surface area (Å²) in [6.07, 6.45) is 1.76. The van der Waals surface area contributed by atoms with Crippen molar-refractivity contribution in [2.45, 2.75) is 39.2 Å². The Morgan fingerprint density at radius 2 is 2.08 bits per heavy atom. The molecule has 1 fully saturated rings. The number of amides is 2. The van der Waals surface area contributed by atoms with Gasteiger partial charge in [-0.3, -0.25) is 9.59 Å². The van der Waals surface area contributed by atoms with E-state index in [1.165, 1.54) is 0 Å². The summed E-state index contributed by atoms with van der Waals surface area (Å²) in [4.78, 5) is 26.3. The van der Waals surface area contributed by atoms with E-state index in [9.17, 15) is 9.59 Å². The molecule has 2 rings (SSSR count). The van der Waals surface area contributed by atoms with Crippen LogP contribution in [0.15, 0.2) is 24.3 Å². The van der Waals surface area contributed by atoms with Gasteiger partial charge in [0.15, 0.2) is 6.10 Å². The highest BCUT2D eigenvalue weighted by atomic mass is 35.5. The lowest BCUT2D eigenvalue weighted by atomic mass is 9.95. The lowest BCUT2D eigenvalue weighted by Crippen LogP contribution is -2.47. The first kappa shape index (κ1) is 18.6. The number of likely N-dealkylation sites (tertiary alicyclic amines) is 1. The van der Waals surface area contributed by atoms with Crippen LogP contribution in [0.4, 0.5) is 0 Å². The fourth-order valence-electron chi connectivity index (χ4n) is 2.81. The van der Waals surface area contributed by atoms with Crippen molar-refractivity contribution in [3.8, 4) is 5.75 Å². The standard InChI is InChI=1S/C18H25ClN2O3/c1-3-9-20-17(22)14-7-10-21(11-8-14)18(23)13(2)24-16-6-4-5-15(19)12-16/h4-6,12-14H,3,7-11H2,1-2H3,(H,20,22). The van der Waals surface area contributed by atoms with Crippen molar-refractivity contribution in [1.82, 2.24) is 10.2 Å². The van der Waals surface area contributed by atoms with Crippen molar-refractivity contribution in [2.75, 3.05) is 19.6 Å². The van der Waals surface area contributed by atoms with Gasteiger partial charge in [0.25, 0.3) is 5.91 Å². The molecule has 132 valence electrons. The summed E-state index contributed by atoms with van der Waals surface area (Å²) >= 11 is 5.93. The summed E-state index contributed by atoms with van der Waals surface area (Å²) in [5, 5.41) is 3.50. The number of piperidine rings is 1. The second kappa shape index (κ2) is 8.92. The third-order valence-corrected chi connectivity index (χ3v) is 4.42. The highest BCUT2D eigenvalue weighted by Gasteiger charge is 2.29. The average Bonchev–Trinajstić information content (AvgIpc) is 2.59. The molecule has 1 aromatic rings. The van der Waals surface area contributed by atoms with Crippen molar-refractivity contribution in [1.29, 1.82) is 0 Å². The average molecular weight is 353 g/mol. The van der Waals surface area contributed by atoms with Crippen LogP contribution in [-0.2, 0) is 9.59 Å². The predicted octanol–water partition coefficient (Wildman–Crippen LogP) is 2.87. The zero-order valence-electron chi connectivity index (χ0n) is 14.3. The van der Waals surface area contributed by atoms with E-state index in [0.29, 0.717) is 43.2 Å². The van der Waals surface area contributed by atoms with Crippen molar-refractivity contribution in [2.24, 2.45) is 5.92 Å². The van der Waals surface area contributed by atoms with Gasteiger partial charge in [-0.2, -0.15) is 0 Å². The zero-order valence-corrected chi connectivity index (χ0v) is 15.0. The van der Waals surface area contributed by atoms with Crippen LogP contribution in [0.5, 0.6) is 5.75 Å². The molecule has 1 heterocycles. The summed E-state index contributed by atoms with van der Waals surface area (Å²) in [5.74, 6) is 0.636. The molecule has 1 saturated heterocycles. The number of halogens is 1. The van der Waals surface area contributed by atoms with Crippen LogP contribution < -0.4 is 10.1 Å². The minimum Gasteiger partial charge on any atom is -0.481 e. The number of carbonyl (C=O) groups is 2. The molecule has 0 aromatic heterocycles. The first-order chi connectivity index (χ1) is 11.5. The van der Waals surface area contributed by atoms with Crippen LogP contribution in [-0.4, -0.2) is 42.5 Å². The van der Waals surface area contributed by atoms with Crippen molar-refractivity contribution < 1.29 is 14.3 Å². The second-order valence-electron chi connectivity index (χ2n) is 6.11. The maximum Gasteiger partial charge on any atom is 0.263 e. The number of hydrogen-bond donors (Lipinski definition) is 1. The third-order valence-electron chi connectivity index (χ3n) is 4.18. The Morgan fingerprint density at radius 3 is 2.71 bits per heavy atom. The number of hydrogen-bond acceptors (Lipinski definition) is 3. The highest BCUT2D eigenvalue weighted by molar-refractivity contribution is 6.30. The van der Waals surface area contributed by atoms with Gasteiger partial charge in [-0.1, -0.05) is 24.6 Å². The predicted molar refractivity (Wildman–Crippen MR) is 94.1 cm³/mol. The normalized spacial score (nSPS) is 16.5. The van der Waals surface area contributed by atoms with Gasteiger partial charge in [-0.05, 0) is 44.4 Å². The molecule has 24 heavy (non-hydrogen) atoms. The third kappa shape index (κ3) is 5.13. The second-order valence-corrected chi connectivity index (χ2v) is 6.54. The van der Waals surface area contributed by atoms with E-state index in [1.807, 2.05) is 6.92 Å². The molecule has 6 heteroatoms. The lowest BCUT2D eigenvalue weighted by molar-refractivity contribution is -0.141. The van der Waals surface area contributed by atoms with Gasteiger partial charge in [0.2, 0.25) is 5.91 Å². The minimum atomic E-state index is -0.575. The Labute approximate surface area is 148 Å². The maximum atomic E-state index is 12.5. The van der Waals surface area contributed by atoms with E-state index in [2.05, 4.69) is 5.32 Å². The Kier molecular flexibility index (Phi) is 6.91. The molecule has 0 aliphatic carbocycles. The quantitative estimate of drug-likeness (QED) is 0.856. The van der Waals surface area contributed by atoms with Crippen molar-refractivity contribution in [3.63, 3.8) is 0 Å². The number of carbonyl (C=O) groups excluding carboxylic acids is 2. The monoisotopic (exact) mass is 352 g/mol. The summed E-state index contributed by atoms with van der Waals surface area (Å²) in [5.41, 5.74) is 0. The summed E-state index contributed by atoms with van der Waals surface area (Å²) < 4.78 is 5.68. The fourth-order valence-corrected chi connectivity index (χ4v) is 2.99. The van der Waals surface area contributed by atoms with Gasteiger partial charge >= 0.3 is 0 Å². The fraction of sp³-hybridized carbons (Fsp3) is 0.556. The van der Waals surface area contributed by atoms with Gasteiger partial charge in [0, 0.05) is 30.6 Å². The van der Waals surface area contributed by atoms with Crippen molar-refractivity contribution >= 4 is 23.4 Å². The van der Waals surface area contributed by atoms with E-state index in [1.54, 1.807) is 36.1 Å². The van der Waals surface area contributed by atoms with E-state index < -0.39 is 6.10 Å². The molecule has 1 N–H and O–H groups in total. The molecule has 1 aliphatic heterocycles. The van der Waals surface area contributed by atoms with Gasteiger partial charge < -0.3 is 15.0 Å². The minimum absolute atomic E-state index is 0.00440. The Hall–Kier alpha value is -1.75. The molecule has 0 radical (unpaired) electrons. The van der Waals surface area contributed by atoms with Crippen LogP contribution in [0.3, 0.4) is 0 Å². The molecular weight excluding hydrogens is 328 g/mol. The smallest absolute Gasteiger partial charge is 0.263 e. The molecule has 1 atom stereocenters. The number of benzene rings is 1. The van der Waals surface area contributed by atoms with Crippen LogP contribution in [0.2, 0.25) is 5.02 Å². The molecule has 0 bridgehead atoms. The van der Waals surface area contributed by atoms with E-state index >= 15 is 0 Å². The summed E-state index contributed by atoms with van der Waals surface area (Å²) in [6.45, 7) is 5.66. The summed E-state index contributed by atoms with van der Waals surface area (Å²) in [6, 6.07) is 7.01. The van der Waals surface area contributed by atoms with Crippen LogP contribution in [0.25, 0.3) is 0 Å². The van der Waals surface area contributed by atoms with E-state index in [4.69, 9.17) is 16.3 Å². The highest BCUT2D eigenvalue weighted by Crippen LogP contribution is 2.21. The number of nitrogens with zero attached hydrogens (tertiary/aromatic N) is 1. The first-order valence-corrected chi connectivity index (χ1v) is 8.87. The summed E-state index contributed by atoms with van der Waals surface area (Å²) in [7, 11) is 0. The number of rotatable bonds is 6. The molecular formula is C18H25ClN2O3. The molecule has 5 nitrogen and oxygen atoms in total. The largest absolute Gasteiger partial charge is 0.481 e. The number of ether oxygens (including phenoxy) is 1. The molecule has 0 saturated carbocycles. The van der Waals surface area contributed by atoms with Crippen LogP contribution >= 0.6 is 11.6 Å². The van der Waals surface area contributed by atoms with Gasteiger partial charge in [0.1, 0.15) is 5.75 Å². The van der Waals surface area contributed by atoms with Gasteiger partial charge in [0.05, 0.1) is 0 Å². The van der Waals surface area contributed by atoms with Crippen molar-refractivity contribution in [3.05, 3.63) is 29.3 Å². The molecule has 1 aliphatic rings. The topological polar surface area (TPSA) is 58.6 Å². The van der Waals surface area contributed by atoms with E-state index in [0.717, 1.165) is 6.42 Å². The zero-order chi connectivity index (χ0) is 17.5. The molecule has 1 unspecified atom stereocenters. The maximum absolute atomic E-state index is 12.5. The van der Waals surface area contributed by atoms with Crippen LogP contribution in [0, 0.1) is 5.92 Å². The van der Waals surface area contributed by atoms with E-state index in [-0.39, 0.29) is 17.7 Å². The lowest BCUT2D eigenvalue weighted by Gasteiger charge is -2.33. The Morgan fingerprint density at radius 1 is 1.38 bits per heavy atom. The Bertz CT molecular complexity index is 571.